The average molecular weight is 488 g/mol. The van der Waals surface area contributed by atoms with Crippen molar-refractivity contribution >= 4 is 39.2 Å². The monoisotopic (exact) mass is 487 g/mol. The van der Waals surface area contributed by atoms with Gasteiger partial charge in [0.2, 0.25) is 21.8 Å². The van der Waals surface area contributed by atoms with Gasteiger partial charge < -0.3 is 15.0 Å². The van der Waals surface area contributed by atoms with E-state index in [2.05, 4.69) is 10.0 Å². The van der Waals surface area contributed by atoms with Gasteiger partial charge in [0.05, 0.1) is 17.1 Å². The normalized spacial score (nSPS) is 14.0. The van der Waals surface area contributed by atoms with Crippen molar-refractivity contribution in [2.45, 2.75) is 45.1 Å². The van der Waals surface area contributed by atoms with Gasteiger partial charge in [-0.3, -0.25) is 9.59 Å². The smallest absolute Gasteiger partial charge is 0.338 e. The molecule has 0 saturated carbocycles. The molecule has 0 bridgehead atoms. The molecule has 1 aliphatic heterocycles. The number of hydrogen-bond acceptors (Lipinski definition) is 6. The Hall–Kier alpha value is -3.24. The van der Waals surface area contributed by atoms with Gasteiger partial charge in [0.1, 0.15) is 6.04 Å². The zero-order valence-electron chi connectivity index (χ0n) is 19.6. The maximum atomic E-state index is 13.1. The van der Waals surface area contributed by atoms with Crippen molar-refractivity contribution in [3.63, 3.8) is 0 Å². The van der Waals surface area contributed by atoms with Crippen molar-refractivity contribution in [2.75, 3.05) is 23.4 Å². The molecule has 1 atom stereocenters. The van der Waals surface area contributed by atoms with E-state index in [1.54, 1.807) is 56.0 Å². The number of fused-ring (bicyclic) bond motifs is 1. The molecule has 0 spiro atoms. The maximum Gasteiger partial charge on any atom is 0.338 e. The Morgan fingerprint density at radius 2 is 1.85 bits per heavy atom. The molecule has 0 aliphatic carbocycles. The number of nitrogens with one attached hydrogen (secondary N) is 2. The zero-order valence-corrected chi connectivity index (χ0v) is 20.4. The molecule has 2 aromatic rings. The van der Waals surface area contributed by atoms with Gasteiger partial charge in [0.15, 0.2) is 0 Å². The lowest BCUT2D eigenvalue weighted by atomic mass is 10.0. The average Bonchev–Trinajstić information content (AvgIpc) is 3.21. The maximum absolute atomic E-state index is 13.1. The summed E-state index contributed by atoms with van der Waals surface area (Å²) in [6, 6.07) is 9.78. The van der Waals surface area contributed by atoms with E-state index in [-0.39, 0.29) is 28.9 Å². The lowest BCUT2D eigenvalue weighted by Gasteiger charge is -2.22. The second kappa shape index (κ2) is 10.4. The Bertz CT molecular complexity index is 1210. The molecule has 2 N–H and O–H groups in total. The molecule has 0 saturated heterocycles. The van der Waals surface area contributed by atoms with E-state index in [9.17, 15) is 22.8 Å². The number of nitrogens with zero attached hydrogens (tertiary/aromatic N) is 1. The molecule has 1 aliphatic rings. The summed E-state index contributed by atoms with van der Waals surface area (Å²) in [4.78, 5) is 38.3. The minimum Gasteiger partial charge on any atom is -0.462 e. The Morgan fingerprint density at radius 1 is 1.12 bits per heavy atom. The number of benzene rings is 2. The standard InChI is InChI=1S/C24H29N3O6S/c1-5-33-24(30)18-7-6-8-19(13-18)25-23(29)22(15(2)3)26-34(31,32)20-9-10-21-17(14-20)11-12-27(21)16(4)28/h6-10,13-15,22,26H,5,11-12H2,1-4H3,(H,25,29)/t22-/m1/s1. The molecule has 0 radical (unpaired) electrons. The van der Waals surface area contributed by atoms with Crippen LogP contribution in [0, 0.1) is 5.92 Å². The van der Waals surface area contributed by atoms with Gasteiger partial charge in [0, 0.05) is 24.8 Å². The summed E-state index contributed by atoms with van der Waals surface area (Å²) in [6.45, 7) is 7.36. The highest BCUT2D eigenvalue weighted by Gasteiger charge is 2.30. The van der Waals surface area contributed by atoms with Crippen LogP contribution in [0.15, 0.2) is 47.4 Å². The first kappa shape index (κ1) is 25.4. The topological polar surface area (TPSA) is 122 Å². The van der Waals surface area contributed by atoms with Gasteiger partial charge >= 0.3 is 5.97 Å². The van der Waals surface area contributed by atoms with Gasteiger partial charge in [-0.15, -0.1) is 0 Å². The predicted molar refractivity (Wildman–Crippen MR) is 128 cm³/mol. The fourth-order valence-electron chi connectivity index (χ4n) is 3.76. The van der Waals surface area contributed by atoms with E-state index in [4.69, 9.17) is 4.74 Å². The van der Waals surface area contributed by atoms with E-state index in [1.807, 2.05) is 0 Å². The third-order valence-electron chi connectivity index (χ3n) is 5.51. The molecule has 0 fully saturated rings. The molecule has 9 nitrogen and oxygen atoms in total. The van der Waals surface area contributed by atoms with E-state index >= 15 is 0 Å². The summed E-state index contributed by atoms with van der Waals surface area (Å²) in [5.41, 5.74) is 2.09. The lowest BCUT2D eigenvalue weighted by Crippen LogP contribution is -2.47. The molecule has 182 valence electrons. The summed E-state index contributed by atoms with van der Waals surface area (Å²) < 4.78 is 33.7. The van der Waals surface area contributed by atoms with Crippen LogP contribution in [-0.4, -0.2) is 45.4 Å². The third-order valence-corrected chi connectivity index (χ3v) is 6.95. The highest BCUT2D eigenvalue weighted by Crippen LogP contribution is 2.30. The Labute approximate surface area is 199 Å². The van der Waals surface area contributed by atoms with E-state index < -0.39 is 27.9 Å². The molecular weight excluding hydrogens is 458 g/mol. The SMILES string of the molecule is CCOC(=O)c1cccc(NC(=O)[C@H](NS(=O)(=O)c2ccc3c(c2)CCN3C(C)=O)C(C)C)c1. The fourth-order valence-corrected chi connectivity index (χ4v) is 5.15. The molecular formula is C24H29N3O6S. The quantitative estimate of drug-likeness (QED) is 0.552. The van der Waals surface area contributed by atoms with Gasteiger partial charge in [-0.05, 0) is 61.2 Å². The van der Waals surface area contributed by atoms with E-state index in [0.29, 0.717) is 24.3 Å². The van der Waals surface area contributed by atoms with Gasteiger partial charge in [-0.1, -0.05) is 19.9 Å². The number of hydrogen-bond donors (Lipinski definition) is 2. The van der Waals surface area contributed by atoms with Crippen LogP contribution >= 0.6 is 0 Å². The minimum atomic E-state index is -4.02. The molecule has 3 rings (SSSR count). The van der Waals surface area contributed by atoms with Crippen LogP contribution < -0.4 is 14.9 Å². The molecule has 0 aromatic heterocycles. The molecule has 2 amide bonds. The first-order valence-electron chi connectivity index (χ1n) is 11.0. The van der Waals surface area contributed by atoms with E-state index in [0.717, 1.165) is 5.56 Å². The Balaban J connectivity index is 1.78. The molecule has 10 heteroatoms. The number of rotatable bonds is 8. The number of esters is 1. The van der Waals surface area contributed by atoms with Crippen molar-refractivity contribution in [2.24, 2.45) is 5.92 Å². The Kier molecular flexibility index (Phi) is 7.73. The van der Waals surface area contributed by atoms with Gasteiger partial charge in [-0.2, -0.15) is 4.72 Å². The lowest BCUT2D eigenvalue weighted by molar-refractivity contribution is -0.118. The number of amides is 2. The molecule has 2 aromatic carbocycles. The van der Waals surface area contributed by atoms with Crippen molar-refractivity contribution in [3.8, 4) is 0 Å². The summed E-state index contributed by atoms with van der Waals surface area (Å²) in [7, 11) is -4.02. The largest absolute Gasteiger partial charge is 0.462 e. The minimum absolute atomic E-state index is 0.0272. The summed E-state index contributed by atoms with van der Waals surface area (Å²) >= 11 is 0. The third kappa shape index (κ3) is 5.63. The number of carbonyl (C=O) groups is 3. The molecule has 0 unspecified atom stereocenters. The van der Waals surface area contributed by atoms with Crippen molar-refractivity contribution in [3.05, 3.63) is 53.6 Å². The number of carbonyl (C=O) groups excluding carboxylic acids is 3. The first-order chi connectivity index (χ1) is 16.0. The second-order valence-corrected chi connectivity index (χ2v) is 10.1. The van der Waals surface area contributed by atoms with Crippen LogP contribution in [0.5, 0.6) is 0 Å². The highest BCUT2D eigenvalue weighted by molar-refractivity contribution is 7.89. The van der Waals surface area contributed by atoms with Crippen LogP contribution in [0.2, 0.25) is 0 Å². The van der Waals surface area contributed by atoms with Crippen LogP contribution in [0.25, 0.3) is 0 Å². The highest BCUT2D eigenvalue weighted by atomic mass is 32.2. The van der Waals surface area contributed by atoms with Crippen molar-refractivity contribution in [1.29, 1.82) is 0 Å². The number of ether oxygens (including phenoxy) is 1. The van der Waals surface area contributed by atoms with Gasteiger partial charge in [0.25, 0.3) is 0 Å². The van der Waals surface area contributed by atoms with Crippen LogP contribution in [-0.2, 0) is 30.8 Å². The summed E-state index contributed by atoms with van der Waals surface area (Å²) in [5, 5.41) is 2.68. The van der Waals surface area contributed by atoms with Crippen LogP contribution in [0.4, 0.5) is 11.4 Å². The van der Waals surface area contributed by atoms with Crippen LogP contribution in [0.3, 0.4) is 0 Å². The summed E-state index contributed by atoms with van der Waals surface area (Å²) in [6.07, 6.45) is 0.559. The zero-order chi connectivity index (χ0) is 25.0. The van der Waals surface area contributed by atoms with Crippen molar-refractivity contribution < 1.29 is 27.5 Å². The number of sulfonamides is 1. The second-order valence-electron chi connectivity index (χ2n) is 8.34. The van der Waals surface area contributed by atoms with Gasteiger partial charge in [-0.25, -0.2) is 13.2 Å². The fraction of sp³-hybridized carbons (Fsp3) is 0.375. The number of anilines is 2. The molecule has 34 heavy (non-hydrogen) atoms. The Morgan fingerprint density at radius 3 is 2.50 bits per heavy atom. The first-order valence-corrected chi connectivity index (χ1v) is 12.5. The molecule has 1 heterocycles. The van der Waals surface area contributed by atoms with Crippen LogP contribution in [0.1, 0.15) is 43.6 Å². The predicted octanol–water partition coefficient (Wildman–Crippen LogP) is 2.71. The summed E-state index contributed by atoms with van der Waals surface area (Å²) in [5.74, 6) is -1.52. The van der Waals surface area contributed by atoms with E-state index in [1.165, 1.54) is 19.1 Å². The van der Waals surface area contributed by atoms with Crippen molar-refractivity contribution in [1.82, 2.24) is 4.72 Å².